The van der Waals surface area contributed by atoms with Crippen molar-refractivity contribution in [1.82, 2.24) is 18.7 Å². The first-order chi connectivity index (χ1) is 10.7. The second-order valence-electron chi connectivity index (χ2n) is 5.08. The zero-order valence-corrected chi connectivity index (χ0v) is 13.1. The molecule has 0 fully saturated rings. The molecule has 0 aromatic carbocycles. The van der Waals surface area contributed by atoms with Crippen LogP contribution in [0.1, 0.15) is 19.8 Å². The van der Waals surface area contributed by atoms with Gasteiger partial charge in [0.15, 0.2) is 11.2 Å². The fraction of sp³-hybridized carbons (Fsp3) is 0.643. The fourth-order valence-electron chi connectivity index (χ4n) is 2.50. The number of aryl methyl sites for hydroxylation is 1. The number of nitrogens with zero attached hydrogens (tertiary/aromatic N) is 4. The van der Waals surface area contributed by atoms with Crippen molar-refractivity contribution in [1.29, 1.82) is 0 Å². The van der Waals surface area contributed by atoms with E-state index in [-0.39, 0.29) is 11.2 Å². The lowest BCUT2D eigenvalue weighted by atomic mass is 10.3. The third-order valence-electron chi connectivity index (χ3n) is 3.67. The maximum Gasteiger partial charge on any atom is 0.332 e. The Labute approximate surface area is 128 Å². The molecule has 0 aliphatic carbocycles. The number of fused-ring (bicyclic) bond motifs is 1. The van der Waals surface area contributed by atoms with E-state index >= 15 is 0 Å². The van der Waals surface area contributed by atoms with E-state index in [2.05, 4.69) is 4.98 Å². The number of aromatic nitrogens is 4. The minimum atomic E-state index is -0.343. The fourth-order valence-corrected chi connectivity index (χ4v) is 2.50. The first-order valence-corrected chi connectivity index (χ1v) is 7.53. The summed E-state index contributed by atoms with van der Waals surface area (Å²) in [6.45, 7) is 4.14. The summed E-state index contributed by atoms with van der Waals surface area (Å²) in [7, 11) is 1.57. The van der Waals surface area contributed by atoms with Gasteiger partial charge in [0.25, 0.3) is 5.56 Å². The van der Waals surface area contributed by atoms with Gasteiger partial charge >= 0.3 is 5.69 Å². The molecule has 0 radical (unpaired) electrons. The van der Waals surface area contributed by atoms with Crippen LogP contribution in [0, 0.1) is 0 Å². The van der Waals surface area contributed by atoms with Crippen molar-refractivity contribution < 1.29 is 4.74 Å². The van der Waals surface area contributed by atoms with Crippen LogP contribution >= 0.6 is 0 Å². The smallest absolute Gasteiger partial charge is 0.332 e. The number of hydrogen-bond acceptors (Lipinski definition) is 5. The minimum absolute atomic E-state index is 0.290. The Kier molecular flexibility index (Phi) is 5.51. The highest BCUT2D eigenvalue weighted by Crippen LogP contribution is 2.08. The van der Waals surface area contributed by atoms with E-state index in [4.69, 9.17) is 10.5 Å². The quantitative estimate of drug-likeness (QED) is 0.679. The average molecular weight is 309 g/mol. The van der Waals surface area contributed by atoms with Gasteiger partial charge in [0.1, 0.15) is 0 Å². The summed E-state index contributed by atoms with van der Waals surface area (Å²) in [4.78, 5) is 29.2. The molecular weight excluding hydrogens is 286 g/mol. The number of imidazole rings is 1. The molecular formula is C14H23N5O3. The first-order valence-electron chi connectivity index (χ1n) is 7.53. The Bertz CT molecular complexity index is 743. The van der Waals surface area contributed by atoms with Crippen molar-refractivity contribution in [2.24, 2.45) is 5.73 Å². The second kappa shape index (κ2) is 7.37. The third kappa shape index (κ3) is 2.97. The molecule has 22 heavy (non-hydrogen) atoms. The van der Waals surface area contributed by atoms with Gasteiger partial charge in [0.2, 0.25) is 0 Å². The predicted molar refractivity (Wildman–Crippen MR) is 84.1 cm³/mol. The maximum atomic E-state index is 12.6. The molecule has 0 unspecified atom stereocenters. The van der Waals surface area contributed by atoms with E-state index in [1.807, 2.05) is 4.57 Å². The largest absolute Gasteiger partial charge is 0.383 e. The van der Waals surface area contributed by atoms with Crippen LogP contribution in [-0.4, -0.2) is 38.9 Å². The maximum absolute atomic E-state index is 12.6. The summed E-state index contributed by atoms with van der Waals surface area (Å²) in [6, 6.07) is 0. The molecule has 2 N–H and O–H groups in total. The molecule has 0 saturated carbocycles. The van der Waals surface area contributed by atoms with Gasteiger partial charge in [-0.25, -0.2) is 9.78 Å². The van der Waals surface area contributed by atoms with E-state index in [9.17, 15) is 9.59 Å². The lowest BCUT2D eigenvalue weighted by Crippen LogP contribution is -2.40. The number of hydrogen-bond donors (Lipinski definition) is 1. The number of ether oxygens (including phenoxy) is 1. The van der Waals surface area contributed by atoms with E-state index in [1.54, 1.807) is 20.4 Å². The molecule has 2 aromatic heterocycles. The van der Waals surface area contributed by atoms with E-state index in [0.717, 1.165) is 12.8 Å². The molecule has 0 bridgehead atoms. The van der Waals surface area contributed by atoms with Crippen molar-refractivity contribution in [3.05, 3.63) is 27.2 Å². The van der Waals surface area contributed by atoms with Crippen LogP contribution in [0.5, 0.6) is 0 Å². The van der Waals surface area contributed by atoms with Crippen molar-refractivity contribution in [3.8, 4) is 0 Å². The van der Waals surface area contributed by atoms with Crippen LogP contribution in [0.25, 0.3) is 11.2 Å². The third-order valence-corrected chi connectivity index (χ3v) is 3.67. The van der Waals surface area contributed by atoms with Crippen molar-refractivity contribution in [2.75, 3.05) is 20.3 Å². The number of unbranched alkanes of at least 4 members (excludes halogenated alkanes) is 1. The number of nitrogens with two attached hydrogens (primary N) is 1. The monoisotopic (exact) mass is 309 g/mol. The molecule has 0 saturated heterocycles. The Morgan fingerprint density at radius 1 is 1.23 bits per heavy atom. The van der Waals surface area contributed by atoms with Gasteiger partial charge in [0.05, 0.1) is 19.5 Å². The van der Waals surface area contributed by atoms with Crippen LogP contribution in [0.2, 0.25) is 0 Å². The second-order valence-corrected chi connectivity index (χ2v) is 5.08. The van der Waals surface area contributed by atoms with Crippen LogP contribution in [-0.2, 0) is 24.4 Å². The zero-order valence-electron chi connectivity index (χ0n) is 13.1. The molecule has 0 amide bonds. The summed E-state index contributed by atoms with van der Waals surface area (Å²) in [5.41, 5.74) is 5.76. The molecule has 122 valence electrons. The van der Waals surface area contributed by atoms with Gasteiger partial charge in [-0.3, -0.25) is 13.9 Å². The van der Waals surface area contributed by atoms with Gasteiger partial charge < -0.3 is 15.0 Å². The van der Waals surface area contributed by atoms with E-state index in [1.165, 1.54) is 9.13 Å². The van der Waals surface area contributed by atoms with Crippen LogP contribution in [0.15, 0.2) is 15.9 Å². The molecule has 0 atom stereocenters. The summed E-state index contributed by atoms with van der Waals surface area (Å²) in [5, 5.41) is 0. The minimum Gasteiger partial charge on any atom is -0.383 e. The molecule has 8 nitrogen and oxygen atoms in total. The molecule has 0 aliphatic rings. The Balaban J connectivity index is 2.59. The van der Waals surface area contributed by atoms with E-state index in [0.29, 0.717) is 43.9 Å². The van der Waals surface area contributed by atoms with Crippen LogP contribution in [0.3, 0.4) is 0 Å². The van der Waals surface area contributed by atoms with Crippen LogP contribution in [0.4, 0.5) is 0 Å². The predicted octanol–water partition coefficient (Wildman–Crippen LogP) is -0.235. The average Bonchev–Trinajstić information content (AvgIpc) is 2.92. The lowest BCUT2D eigenvalue weighted by Gasteiger charge is -2.11. The summed E-state index contributed by atoms with van der Waals surface area (Å²) in [5.74, 6) is 0. The molecule has 2 rings (SSSR count). The standard InChI is InChI=1S/C14H23N5O3/c1-3-18-13(20)11-12(19(14(18)21)8-9-22-2)16-10-17(11)7-5-4-6-15/h10H,3-9,15H2,1-2H3. The Morgan fingerprint density at radius 3 is 2.64 bits per heavy atom. The highest BCUT2D eigenvalue weighted by molar-refractivity contribution is 5.70. The van der Waals surface area contributed by atoms with Crippen molar-refractivity contribution in [3.63, 3.8) is 0 Å². The topological polar surface area (TPSA) is 97.1 Å². The molecule has 8 heteroatoms. The first kappa shape index (κ1) is 16.4. The summed E-state index contributed by atoms with van der Waals surface area (Å²) in [6.07, 6.45) is 3.36. The zero-order chi connectivity index (χ0) is 16.1. The summed E-state index contributed by atoms with van der Waals surface area (Å²) >= 11 is 0. The van der Waals surface area contributed by atoms with Crippen molar-refractivity contribution in [2.45, 2.75) is 39.4 Å². The van der Waals surface area contributed by atoms with Gasteiger partial charge in [-0.1, -0.05) is 0 Å². The summed E-state index contributed by atoms with van der Waals surface area (Å²) < 4.78 is 9.59. The number of rotatable bonds is 8. The lowest BCUT2D eigenvalue weighted by molar-refractivity contribution is 0.186. The van der Waals surface area contributed by atoms with Gasteiger partial charge in [-0.2, -0.15) is 0 Å². The Morgan fingerprint density at radius 2 is 2.00 bits per heavy atom. The Hall–Kier alpha value is -1.93. The molecule has 0 spiro atoms. The van der Waals surface area contributed by atoms with Crippen LogP contribution < -0.4 is 17.0 Å². The number of methoxy groups -OCH3 is 1. The van der Waals surface area contributed by atoms with E-state index < -0.39 is 0 Å². The molecule has 2 heterocycles. The van der Waals surface area contributed by atoms with Gasteiger partial charge in [0, 0.05) is 20.2 Å². The normalized spacial score (nSPS) is 11.4. The van der Waals surface area contributed by atoms with Crippen molar-refractivity contribution >= 4 is 11.2 Å². The molecule has 0 aliphatic heterocycles. The highest BCUT2D eigenvalue weighted by atomic mass is 16.5. The molecule has 2 aromatic rings. The SMILES string of the molecule is CCn1c(=O)c2c(ncn2CCCCN)n(CCOC)c1=O. The van der Waals surface area contributed by atoms with Gasteiger partial charge in [-0.15, -0.1) is 0 Å². The van der Waals surface area contributed by atoms with Gasteiger partial charge in [-0.05, 0) is 26.3 Å². The highest BCUT2D eigenvalue weighted by Gasteiger charge is 2.16.